The van der Waals surface area contributed by atoms with Crippen LogP contribution in [0.1, 0.15) is 12.0 Å². The molecule has 1 saturated heterocycles. The minimum Gasteiger partial charge on any atom is -0.358 e. The van der Waals surface area contributed by atoms with Gasteiger partial charge in [-0.05, 0) is 17.7 Å². The van der Waals surface area contributed by atoms with Crippen LogP contribution in [-0.2, 0) is 26.6 Å². The molecular formula is C11H10FNO5S2. The van der Waals surface area contributed by atoms with Crippen LogP contribution in [0, 0.1) is 0 Å². The number of hydrogen-bond donors (Lipinski definition) is 1. The number of rotatable bonds is 4. The third-order valence-corrected chi connectivity index (χ3v) is 3.47. The summed E-state index contributed by atoms with van der Waals surface area (Å²) in [5, 5.41) is -0.623. The highest BCUT2D eigenvalue weighted by Gasteiger charge is 2.36. The lowest BCUT2D eigenvalue weighted by molar-refractivity contribution is -0.138. The molecule has 0 aliphatic carbocycles. The lowest BCUT2D eigenvalue weighted by Crippen LogP contribution is -2.30. The van der Waals surface area contributed by atoms with E-state index in [2.05, 4.69) is 16.8 Å². The highest BCUT2D eigenvalue weighted by molar-refractivity contribution is 7.82. The summed E-state index contributed by atoms with van der Waals surface area (Å²) in [4.78, 5) is 24.3. The van der Waals surface area contributed by atoms with Crippen molar-refractivity contribution >= 4 is 34.9 Å². The molecule has 0 saturated carbocycles. The molecular weight excluding hydrogens is 309 g/mol. The van der Waals surface area contributed by atoms with Gasteiger partial charge in [0.25, 0.3) is 0 Å². The quantitative estimate of drug-likeness (QED) is 0.505. The fraction of sp³-hybridized carbons (Fsp3) is 0.273. The molecule has 0 radical (unpaired) electrons. The second-order valence-electron chi connectivity index (χ2n) is 4.16. The number of carbonyl (C=O) groups is 2. The van der Waals surface area contributed by atoms with Crippen LogP contribution in [-0.4, -0.2) is 30.4 Å². The maximum atomic E-state index is 12.3. The van der Waals surface area contributed by atoms with Crippen molar-refractivity contribution in [3.8, 4) is 5.75 Å². The van der Waals surface area contributed by atoms with Gasteiger partial charge in [0.05, 0.1) is 11.8 Å². The SMILES string of the molecule is O=C1CC(S)C(=O)N1Cc1ccc(OS(=O)(=O)F)cc1. The molecule has 9 heteroatoms. The molecule has 1 unspecified atom stereocenters. The topological polar surface area (TPSA) is 80.8 Å². The van der Waals surface area contributed by atoms with Crippen LogP contribution in [0.3, 0.4) is 0 Å². The average Bonchev–Trinajstić information content (AvgIpc) is 2.56. The molecule has 0 bridgehead atoms. The molecule has 1 fully saturated rings. The Kier molecular flexibility index (Phi) is 4.00. The number of hydrogen-bond acceptors (Lipinski definition) is 6. The number of imide groups is 1. The fourth-order valence-electron chi connectivity index (χ4n) is 1.78. The summed E-state index contributed by atoms with van der Waals surface area (Å²) in [5.41, 5.74) is 0.581. The first-order valence-electron chi connectivity index (χ1n) is 5.51. The maximum Gasteiger partial charge on any atom is 0.488 e. The van der Waals surface area contributed by atoms with Gasteiger partial charge >= 0.3 is 10.5 Å². The van der Waals surface area contributed by atoms with Crippen molar-refractivity contribution in [1.29, 1.82) is 0 Å². The van der Waals surface area contributed by atoms with Crippen molar-refractivity contribution in [1.82, 2.24) is 4.90 Å². The lowest BCUT2D eigenvalue weighted by Gasteiger charge is -2.14. The molecule has 20 heavy (non-hydrogen) atoms. The van der Waals surface area contributed by atoms with E-state index in [1.54, 1.807) is 0 Å². The molecule has 6 nitrogen and oxygen atoms in total. The number of carbonyl (C=O) groups excluding carboxylic acids is 2. The van der Waals surface area contributed by atoms with E-state index in [0.717, 1.165) is 4.90 Å². The summed E-state index contributed by atoms with van der Waals surface area (Å²) in [6.07, 6.45) is 0.0588. The van der Waals surface area contributed by atoms with Crippen LogP contribution in [0.25, 0.3) is 0 Å². The zero-order chi connectivity index (χ0) is 14.9. The van der Waals surface area contributed by atoms with Gasteiger partial charge in [-0.25, -0.2) is 0 Å². The highest BCUT2D eigenvalue weighted by atomic mass is 32.3. The van der Waals surface area contributed by atoms with Crippen molar-refractivity contribution < 1.29 is 26.1 Å². The predicted molar refractivity (Wildman–Crippen MR) is 70.0 cm³/mol. The van der Waals surface area contributed by atoms with Gasteiger partial charge in [-0.2, -0.15) is 21.0 Å². The number of nitrogens with zero attached hydrogens (tertiary/aromatic N) is 1. The Balaban J connectivity index is 2.08. The second-order valence-corrected chi connectivity index (χ2v) is 5.73. The molecule has 1 heterocycles. The molecule has 1 atom stereocenters. The van der Waals surface area contributed by atoms with E-state index in [0.29, 0.717) is 5.56 Å². The smallest absolute Gasteiger partial charge is 0.358 e. The lowest BCUT2D eigenvalue weighted by atomic mass is 10.2. The molecule has 1 aromatic rings. The predicted octanol–water partition coefficient (Wildman–Crippen LogP) is 0.837. The Morgan fingerprint density at radius 3 is 2.35 bits per heavy atom. The van der Waals surface area contributed by atoms with Crippen LogP contribution >= 0.6 is 12.6 Å². The van der Waals surface area contributed by atoms with Crippen molar-refractivity contribution in [2.75, 3.05) is 0 Å². The Morgan fingerprint density at radius 1 is 1.30 bits per heavy atom. The van der Waals surface area contributed by atoms with Gasteiger partial charge in [0, 0.05) is 6.42 Å². The summed E-state index contributed by atoms with van der Waals surface area (Å²) in [6.45, 7) is 0.0530. The summed E-state index contributed by atoms with van der Waals surface area (Å²) in [6, 6.07) is 5.34. The van der Waals surface area contributed by atoms with E-state index < -0.39 is 15.8 Å². The highest BCUT2D eigenvalue weighted by Crippen LogP contribution is 2.21. The number of likely N-dealkylation sites (tertiary alicyclic amines) is 1. The van der Waals surface area contributed by atoms with E-state index in [-0.39, 0.29) is 30.5 Å². The van der Waals surface area contributed by atoms with Crippen LogP contribution < -0.4 is 4.18 Å². The molecule has 0 N–H and O–H groups in total. The Labute approximate surface area is 120 Å². The largest absolute Gasteiger partial charge is 0.488 e. The number of thiol groups is 1. The first kappa shape index (κ1) is 14.8. The van der Waals surface area contributed by atoms with E-state index in [1.165, 1.54) is 24.3 Å². The van der Waals surface area contributed by atoms with Gasteiger partial charge in [0.15, 0.2) is 0 Å². The molecule has 2 rings (SSSR count). The van der Waals surface area contributed by atoms with E-state index in [1.807, 2.05) is 0 Å². The van der Waals surface area contributed by atoms with Crippen molar-refractivity contribution in [3.05, 3.63) is 29.8 Å². The van der Waals surface area contributed by atoms with Gasteiger partial charge in [-0.15, -0.1) is 0 Å². The number of amides is 2. The van der Waals surface area contributed by atoms with Gasteiger partial charge < -0.3 is 4.18 Å². The summed E-state index contributed by atoms with van der Waals surface area (Å²) in [7, 11) is -5.07. The van der Waals surface area contributed by atoms with Gasteiger partial charge in [0.1, 0.15) is 5.75 Å². The Morgan fingerprint density at radius 2 is 1.90 bits per heavy atom. The molecule has 0 spiro atoms. The molecule has 2 amide bonds. The maximum absolute atomic E-state index is 12.3. The Bertz CT molecular complexity index is 643. The standard InChI is InChI=1S/C11H10FNO5S2/c12-20(16,17)18-8-3-1-7(2-4-8)6-13-10(14)5-9(19)11(13)15/h1-4,9,19H,5-6H2. The zero-order valence-corrected chi connectivity index (χ0v) is 11.7. The first-order chi connectivity index (χ1) is 9.26. The van der Waals surface area contributed by atoms with E-state index in [4.69, 9.17) is 0 Å². The summed E-state index contributed by atoms with van der Waals surface area (Å²) < 4.78 is 36.9. The monoisotopic (exact) mass is 319 g/mol. The fourth-order valence-corrected chi connectivity index (χ4v) is 2.42. The van der Waals surface area contributed by atoms with Gasteiger partial charge in [-0.1, -0.05) is 16.0 Å². The average molecular weight is 319 g/mol. The molecule has 1 aliphatic rings. The third-order valence-electron chi connectivity index (χ3n) is 2.68. The normalized spacial score (nSPS) is 19.5. The molecule has 108 valence electrons. The minimum absolute atomic E-state index is 0.0530. The van der Waals surface area contributed by atoms with Crippen LogP contribution in [0.15, 0.2) is 24.3 Å². The Hall–Kier alpha value is -1.61. The number of benzene rings is 1. The first-order valence-corrected chi connectivity index (χ1v) is 7.34. The third kappa shape index (κ3) is 3.48. The minimum atomic E-state index is -5.07. The molecule has 0 aromatic heterocycles. The van der Waals surface area contributed by atoms with Gasteiger partial charge in [0.2, 0.25) is 11.8 Å². The van der Waals surface area contributed by atoms with E-state index in [9.17, 15) is 21.9 Å². The van der Waals surface area contributed by atoms with Crippen LogP contribution in [0.2, 0.25) is 0 Å². The van der Waals surface area contributed by atoms with Crippen molar-refractivity contribution in [3.63, 3.8) is 0 Å². The number of halogens is 1. The zero-order valence-electron chi connectivity index (χ0n) is 10.0. The van der Waals surface area contributed by atoms with Crippen LogP contribution in [0.4, 0.5) is 3.89 Å². The molecule has 1 aromatic carbocycles. The summed E-state index contributed by atoms with van der Waals surface area (Å²) in [5.74, 6) is -0.881. The summed E-state index contributed by atoms with van der Waals surface area (Å²) >= 11 is 4.00. The van der Waals surface area contributed by atoms with Gasteiger partial charge in [-0.3, -0.25) is 14.5 Å². The second kappa shape index (κ2) is 5.41. The molecule has 1 aliphatic heterocycles. The van der Waals surface area contributed by atoms with Crippen molar-refractivity contribution in [2.45, 2.75) is 18.2 Å². The van der Waals surface area contributed by atoms with Crippen LogP contribution in [0.5, 0.6) is 5.75 Å². The van der Waals surface area contributed by atoms with E-state index >= 15 is 0 Å². The van der Waals surface area contributed by atoms with Crippen molar-refractivity contribution in [2.24, 2.45) is 0 Å².